The second kappa shape index (κ2) is 8.13. The lowest BCUT2D eigenvalue weighted by Gasteiger charge is -2.26. The van der Waals surface area contributed by atoms with Crippen molar-refractivity contribution in [1.29, 1.82) is 0 Å². The molecule has 1 heterocycles. The van der Waals surface area contributed by atoms with Crippen molar-refractivity contribution >= 4 is 15.7 Å². The van der Waals surface area contributed by atoms with Crippen molar-refractivity contribution in [3.8, 4) is 0 Å². The summed E-state index contributed by atoms with van der Waals surface area (Å²) in [5.74, 6) is 1.50. The van der Waals surface area contributed by atoms with Gasteiger partial charge in [0.15, 0.2) is 9.84 Å². The average molecular weight is 316 g/mol. The van der Waals surface area contributed by atoms with E-state index in [0.29, 0.717) is 26.1 Å². The van der Waals surface area contributed by atoms with Crippen molar-refractivity contribution in [2.45, 2.75) is 44.9 Å². The van der Waals surface area contributed by atoms with E-state index >= 15 is 0 Å². The molecule has 0 bridgehead atoms. The zero-order valence-corrected chi connectivity index (χ0v) is 13.7. The van der Waals surface area contributed by atoms with Crippen LogP contribution in [0.5, 0.6) is 0 Å². The number of amides is 1. The minimum atomic E-state index is -2.81. The summed E-state index contributed by atoms with van der Waals surface area (Å²) in [6.07, 6.45) is 8.24. The van der Waals surface area contributed by atoms with Gasteiger partial charge in [0.1, 0.15) is 0 Å². The van der Waals surface area contributed by atoms with Crippen molar-refractivity contribution in [3.05, 3.63) is 0 Å². The Morgan fingerprint density at radius 3 is 2.48 bits per heavy atom. The molecule has 2 fully saturated rings. The summed E-state index contributed by atoms with van der Waals surface area (Å²) >= 11 is 0. The molecule has 6 heteroatoms. The highest BCUT2D eigenvalue weighted by Gasteiger charge is 2.21. The first-order valence-corrected chi connectivity index (χ1v) is 10.1. The molecule has 21 heavy (non-hydrogen) atoms. The third-order valence-corrected chi connectivity index (χ3v) is 6.29. The molecule has 1 saturated carbocycles. The van der Waals surface area contributed by atoms with Crippen molar-refractivity contribution in [2.24, 2.45) is 5.92 Å². The van der Waals surface area contributed by atoms with Gasteiger partial charge < -0.3 is 5.32 Å². The van der Waals surface area contributed by atoms with Crippen molar-refractivity contribution < 1.29 is 13.2 Å². The molecule has 1 aliphatic carbocycles. The van der Waals surface area contributed by atoms with Gasteiger partial charge in [-0.1, -0.05) is 25.7 Å². The molecule has 2 rings (SSSR count). The highest BCUT2D eigenvalue weighted by atomic mass is 32.2. The van der Waals surface area contributed by atoms with Gasteiger partial charge in [-0.2, -0.15) is 0 Å². The summed E-state index contributed by atoms with van der Waals surface area (Å²) in [4.78, 5) is 13.8. The van der Waals surface area contributed by atoms with E-state index < -0.39 is 9.84 Å². The standard InChI is InChI=1S/C15H28N2O3S/c18-15(7-3-6-14-4-1-2-5-14)16-8-9-17-10-12-21(19,20)13-11-17/h14H,1-13H2,(H,16,18). The molecule has 1 amide bonds. The molecule has 1 N–H and O–H groups in total. The minimum absolute atomic E-state index is 0.137. The van der Waals surface area contributed by atoms with Gasteiger partial charge in [0, 0.05) is 32.6 Å². The summed E-state index contributed by atoms with van der Waals surface area (Å²) in [6.45, 7) is 2.58. The number of nitrogens with zero attached hydrogens (tertiary/aromatic N) is 1. The molecule has 1 saturated heterocycles. The van der Waals surface area contributed by atoms with E-state index in [1.807, 2.05) is 0 Å². The van der Waals surface area contributed by atoms with Crippen LogP contribution in [-0.2, 0) is 14.6 Å². The number of sulfone groups is 1. The Morgan fingerprint density at radius 2 is 1.81 bits per heavy atom. The lowest BCUT2D eigenvalue weighted by Crippen LogP contribution is -2.43. The van der Waals surface area contributed by atoms with Crippen LogP contribution in [0.1, 0.15) is 44.9 Å². The van der Waals surface area contributed by atoms with E-state index in [0.717, 1.165) is 18.9 Å². The number of hydrogen-bond acceptors (Lipinski definition) is 4. The van der Waals surface area contributed by atoms with E-state index in [2.05, 4.69) is 10.2 Å². The Morgan fingerprint density at radius 1 is 1.14 bits per heavy atom. The van der Waals surface area contributed by atoms with Gasteiger partial charge in [-0.15, -0.1) is 0 Å². The first kappa shape index (κ1) is 16.7. The fraction of sp³-hybridized carbons (Fsp3) is 0.933. The van der Waals surface area contributed by atoms with Crippen LogP contribution in [0.15, 0.2) is 0 Å². The Kier molecular flexibility index (Phi) is 6.48. The molecule has 122 valence electrons. The molecule has 5 nitrogen and oxygen atoms in total. The second-order valence-electron chi connectivity index (χ2n) is 6.39. The minimum Gasteiger partial charge on any atom is -0.355 e. The fourth-order valence-corrected chi connectivity index (χ4v) is 4.54. The average Bonchev–Trinajstić information content (AvgIpc) is 2.94. The van der Waals surface area contributed by atoms with Crippen LogP contribution in [0.25, 0.3) is 0 Å². The third-order valence-electron chi connectivity index (χ3n) is 4.68. The quantitative estimate of drug-likeness (QED) is 0.766. The van der Waals surface area contributed by atoms with E-state index in [-0.39, 0.29) is 17.4 Å². The lowest BCUT2D eigenvalue weighted by molar-refractivity contribution is -0.121. The van der Waals surface area contributed by atoms with Crippen LogP contribution in [-0.4, -0.2) is 56.9 Å². The number of nitrogens with one attached hydrogen (secondary N) is 1. The molecule has 2 aliphatic rings. The van der Waals surface area contributed by atoms with Crippen molar-refractivity contribution in [2.75, 3.05) is 37.7 Å². The summed E-state index contributed by atoms with van der Waals surface area (Å²) in [5, 5.41) is 2.95. The molecule has 0 spiro atoms. The largest absolute Gasteiger partial charge is 0.355 e. The molecule has 0 aromatic heterocycles. The monoisotopic (exact) mass is 316 g/mol. The van der Waals surface area contributed by atoms with Gasteiger partial charge in [-0.25, -0.2) is 8.42 Å². The molecule has 0 aromatic rings. The van der Waals surface area contributed by atoms with E-state index in [9.17, 15) is 13.2 Å². The smallest absolute Gasteiger partial charge is 0.220 e. The zero-order chi connectivity index (χ0) is 15.1. The SMILES string of the molecule is O=C(CCCC1CCCC1)NCCN1CCS(=O)(=O)CC1. The fourth-order valence-electron chi connectivity index (χ4n) is 3.27. The Balaban J connectivity index is 1.49. The maximum absolute atomic E-state index is 11.7. The van der Waals surface area contributed by atoms with E-state index in [1.165, 1.54) is 32.1 Å². The van der Waals surface area contributed by atoms with Crippen molar-refractivity contribution in [3.63, 3.8) is 0 Å². The summed E-state index contributed by atoms with van der Waals surface area (Å²) in [6, 6.07) is 0. The van der Waals surface area contributed by atoms with Gasteiger partial charge in [0.05, 0.1) is 11.5 Å². The molecule has 0 unspecified atom stereocenters. The molecule has 0 radical (unpaired) electrons. The molecule has 1 aliphatic heterocycles. The summed E-state index contributed by atoms with van der Waals surface area (Å²) in [7, 11) is -2.81. The van der Waals surface area contributed by atoms with Crippen LogP contribution >= 0.6 is 0 Å². The van der Waals surface area contributed by atoms with Crippen LogP contribution in [0.4, 0.5) is 0 Å². The number of carbonyl (C=O) groups excluding carboxylic acids is 1. The van der Waals surface area contributed by atoms with Crippen LogP contribution < -0.4 is 5.32 Å². The van der Waals surface area contributed by atoms with Crippen LogP contribution in [0, 0.1) is 5.92 Å². The normalized spacial score (nSPS) is 23.2. The topological polar surface area (TPSA) is 66.5 Å². The molecular formula is C15H28N2O3S. The maximum Gasteiger partial charge on any atom is 0.220 e. The van der Waals surface area contributed by atoms with Crippen LogP contribution in [0.2, 0.25) is 0 Å². The number of rotatable bonds is 7. The number of hydrogen-bond donors (Lipinski definition) is 1. The van der Waals surface area contributed by atoms with Crippen molar-refractivity contribution in [1.82, 2.24) is 10.2 Å². The predicted molar refractivity (Wildman–Crippen MR) is 83.9 cm³/mol. The Labute approximate surface area is 128 Å². The van der Waals surface area contributed by atoms with Gasteiger partial charge >= 0.3 is 0 Å². The highest BCUT2D eigenvalue weighted by molar-refractivity contribution is 7.91. The molecular weight excluding hydrogens is 288 g/mol. The van der Waals surface area contributed by atoms with E-state index in [4.69, 9.17) is 0 Å². The Hall–Kier alpha value is -0.620. The molecule has 0 atom stereocenters. The Bertz CT molecular complexity index is 416. The number of carbonyl (C=O) groups is 1. The first-order valence-electron chi connectivity index (χ1n) is 8.25. The van der Waals surface area contributed by atoms with Gasteiger partial charge in [-0.05, 0) is 18.8 Å². The first-order chi connectivity index (χ1) is 10.1. The maximum atomic E-state index is 11.7. The summed E-state index contributed by atoms with van der Waals surface area (Å²) in [5.41, 5.74) is 0. The zero-order valence-electron chi connectivity index (χ0n) is 12.8. The highest BCUT2D eigenvalue weighted by Crippen LogP contribution is 2.28. The van der Waals surface area contributed by atoms with Crippen LogP contribution in [0.3, 0.4) is 0 Å². The second-order valence-corrected chi connectivity index (χ2v) is 8.69. The van der Waals surface area contributed by atoms with Gasteiger partial charge in [0.2, 0.25) is 5.91 Å². The summed E-state index contributed by atoms with van der Waals surface area (Å²) < 4.78 is 22.6. The third kappa shape index (κ3) is 6.34. The molecule has 0 aromatic carbocycles. The van der Waals surface area contributed by atoms with Gasteiger partial charge in [-0.3, -0.25) is 9.69 Å². The van der Waals surface area contributed by atoms with E-state index in [1.54, 1.807) is 0 Å². The lowest BCUT2D eigenvalue weighted by atomic mass is 10.0. The van der Waals surface area contributed by atoms with Gasteiger partial charge in [0.25, 0.3) is 0 Å². The predicted octanol–water partition coefficient (Wildman–Crippen LogP) is 1.19.